The van der Waals surface area contributed by atoms with Crippen LogP contribution in [-0.2, 0) is 16.1 Å². The molecule has 1 atom stereocenters. The van der Waals surface area contributed by atoms with Crippen LogP contribution < -0.4 is 19.7 Å². The molecule has 0 saturated carbocycles. The summed E-state index contributed by atoms with van der Waals surface area (Å²) in [5.74, 6) is 0.383. The minimum Gasteiger partial charge on any atom is -0.497 e. The number of carbonyl (C=O) groups excluding carboxylic acids is 3. The number of carbonyl (C=O) groups is 3. The second-order valence-electron chi connectivity index (χ2n) is 7.77. The van der Waals surface area contributed by atoms with Gasteiger partial charge in [-0.1, -0.05) is 36.4 Å². The summed E-state index contributed by atoms with van der Waals surface area (Å²) in [6.07, 6.45) is -0.171. The normalized spacial score (nSPS) is 15.4. The van der Waals surface area contributed by atoms with Crippen LogP contribution in [0.2, 0.25) is 0 Å². The largest absolute Gasteiger partial charge is 0.497 e. The first-order valence-electron chi connectivity index (χ1n) is 10.8. The molecule has 1 saturated heterocycles. The zero-order valence-electron chi connectivity index (χ0n) is 18.9. The quantitative estimate of drug-likeness (QED) is 0.513. The van der Waals surface area contributed by atoms with Gasteiger partial charge in [0.1, 0.15) is 17.5 Å². The lowest BCUT2D eigenvalue weighted by Gasteiger charge is -2.22. The minimum atomic E-state index is -0.954. The van der Waals surface area contributed by atoms with Crippen LogP contribution in [0.25, 0.3) is 0 Å². The van der Waals surface area contributed by atoms with Crippen LogP contribution in [0, 0.1) is 0 Å². The Bertz CT molecular complexity index is 1180. The summed E-state index contributed by atoms with van der Waals surface area (Å²) in [6.45, 7) is 0.165. The number of benzene rings is 3. The Morgan fingerprint density at radius 3 is 2.26 bits per heavy atom. The molecule has 0 aromatic heterocycles. The van der Waals surface area contributed by atoms with Gasteiger partial charge in [0.2, 0.25) is 5.91 Å². The molecule has 8 heteroatoms. The molecule has 3 aromatic carbocycles. The Morgan fingerprint density at radius 2 is 1.59 bits per heavy atom. The molecule has 174 valence electrons. The van der Waals surface area contributed by atoms with Crippen molar-refractivity contribution in [1.82, 2.24) is 4.90 Å². The van der Waals surface area contributed by atoms with Gasteiger partial charge in [-0.2, -0.15) is 0 Å². The van der Waals surface area contributed by atoms with Gasteiger partial charge in [-0.15, -0.1) is 0 Å². The van der Waals surface area contributed by atoms with Crippen LogP contribution in [-0.4, -0.2) is 43.0 Å². The number of nitrogens with one attached hydrogen (secondary N) is 1. The van der Waals surface area contributed by atoms with Gasteiger partial charge in [-0.25, -0.2) is 9.69 Å². The molecule has 0 unspecified atom stereocenters. The summed E-state index contributed by atoms with van der Waals surface area (Å²) in [5.41, 5.74) is 1.82. The van der Waals surface area contributed by atoms with Crippen molar-refractivity contribution in [1.29, 1.82) is 0 Å². The van der Waals surface area contributed by atoms with E-state index in [4.69, 9.17) is 9.47 Å². The molecule has 0 bridgehead atoms. The molecule has 4 rings (SSSR count). The molecule has 3 aromatic rings. The molecule has 1 aliphatic heterocycles. The summed E-state index contributed by atoms with van der Waals surface area (Å²) in [4.78, 5) is 42.2. The minimum absolute atomic E-state index is 0.165. The van der Waals surface area contributed by atoms with Crippen LogP contribution in [0.5, 0.6) is 11.5 Å². The number of hydrogen-bond donors (Lipinski definition) is 1. The molecule has 4 amide bonds. The maximum atomic E-state index is 13.4. The van der Waals surface area contributed by atoms with Gasteiger partial charge in [0.05, 0.1) is 26.3 Å². The molecule has 34 heavy (non-hydrogen) atoms. The van der Waals surface area contributed by atoms with Crippen LogP contribution in [0.15, 0.2) is 78.9 Å². The zero-order valence-corrected chi connectivity index (χ0v) is 18.9. The van der Waals surface area contributed by atoms with Gasteiger partial charge in [0, 0.05) is 18.3 Å². The lowest BCUT2D eigenvalue weighted by Crippen LogP contribution is -2.37. The fraction of sp³-hybridized carbons (Fsp3) is 0.192. The van der Waals surface area contributed by atoms with E-state index in [1.807, 2.05) is 18.2 Å². The molecule has 0 aliphatic carbocycles. The number of imide groups is 1. The molecule has 0 spiro atoms. The van der Waals surface area contributed by atoms with E-state index in [0.717, 1.165) is 10.5 Å². The fourth-order valence-electron chi connectivity index (χ4n) is 3.84. The lowest BCUT2D eigenvalue weighted by molar-refractivity contribution is -0.124. The van der Waals surface area contributed by atoms with Crippen LogP contribution >= 0.6 is 0 Å². The standard InChI is InChI=1S/C26H25N3O5/c1-33-21-13-11-18(12-14-21)17-28-23(16-24(30)27-19-7-4-3-5-8-19)25(31)29(26(28)32)20-9-6-10-22(15-20)34-2/h3-15,23H,16-17H2,1-2H3,(H,27,30)/t23-/m0/s1. The highest BCUT2D eigenvalue weighted by atomic mass is 16.5. The van der Waals surface area contributed by atoms with E-state index in [2.05, 4.69) is 5.32 Å². The van der Waals surface area contributed by atoms with Crippen molar-refractivity contribution in [2.45, 2.75) is 19.0 Å². The Morgan fingerprint density at radius 1 is 0.882 bits per heavy atom. The van der Waals surface area contributed by atoms with E-state index in [0.29, 0.717) is 22.9 Å². The highest BCUT2D eigenvalue weighted by Crippen LogP contribution is 2.31. The Balaban J connectivity index is 1.61. The zero-order chi connectivity index (χ0) is 24.1. The molecule has 1 aliphatic rings. The number of nitrogens with zero attached hydrogens (tertiary/aromatic N) is 2. The number of ether oxygens (including phenoxy) is 2. The third kappa shape index (κ3) is 4.85. The average Bonchev–Trinajstić information content (AvgIpc) is 3.09. The molecule has 0 radical (unpaired) electrons. The summed E-state index contributed by atoms with van der Waals surface area (Å²) in [6, 6.07) is 21.5. The number of urea groups is 1. The number of para-hydroxylation sites is 1. The first-order chi connectivity index (χ1) is 16.5. The van der Waals surface area contributed by atoms with Crippen LogP contribution in [0.4, 0.5) is 16.2 Å². The van der Waals surface area contributed by atoms with Gasteiger partial charge in [-0.3, -0.25) is 9.59 Å². The van der Waals surface area contributed by atoms with Gasteiger partial charge in [0.15, 0.2) is 0 Å². The van der Waals surface area contributed by atoms with E-state index in [-0.39, 0.29) is 18.9 Å². The Labute approximate surface area is 197 Å². The number of amides is 4. The third-order valence-corrected chi connectivity index (χ3v) is 5.58. The topological polar surface area (TPSA) is 88.2 Å². The smallest absolute Gasteiger partial charge is 0.332 e. The number of anilines is 2. The maximum absolute atomic E-state index is 13.4. The van der Waals surface area contributed by atoms with Gasteiger partial charge < -0.3 is 19.7 Å². The first kappa shape index (κ1) is 22.8. The van der Waals surface area contributed by atoms with E-state index in [9.17, 15) is 14.4 Å². The monoisotopic (exact) mass is 459 g/mol. The number of hydrogen-bond acceptors (Lipinski definition) is 5. The Kier molecular flexibility index (Phi) is 6.77. The maximum Gasteiger partial charge on any atom is 0.332 e. The molecule has 1 heterocycles. The molecule has 1 N–H and O–H groups in total. The van der Waals surface area contributed by atoms with E-state index in [1.54, 1.807) is 67.8 Å². The van der Waals surface area contributed by atoms with Crippen LogP contribution in [0.3, 0.4) is 0 Å². The van der Waals surface area contributed by atoms with Gasteiger partial charge in [-0.05, 0) is 42.0 Å². The predicted molar refractivity (Wildman–Crippen MR) is 128 cm³/mol. The van der Waals surface area contributed by atoms with Crippen molar-refractivity contribution in [2.75, 3.05) is 24.4 Å². The van der Waals surface area contributed by atoms with Crippen molar-refractivity contribution >= 4 is 29.2 Å². The van der Waals surface area contributed by atoms with Gasteiger partial charge >= 0.3 is 6.03 Å². The van der Waals surface area contributed by atoms with Gasteiger partial charge in [0.25, 0.3) is 5.91 Å². The average molecular weight is 460 g/mol. The second-order valence-corrected chi connectivity index (χ2v) is 7.77. The van der Waals surface area contributed by atoms with E-state index < -0.39 is 18.0 Å². The van der Waals surface area contributed by atoms with Crippen molar-refractivity contribution < 1.29 is 23.9 Å². The van der Waals surface area contributed by atoms with Crippen molar-refractivity contribution in [3.8, 4) is 11.5 Å². The van der Waals surface area contributed by atoms with Crippen molar-refractivity contribution in [2.24, 2.45) is 0 Å². The SMILES string of the molecule is COc1ccc(CN2C(=O)N(c3cccc(OC)c3)C(=O)[C@@H]2CC(=O)Nc2ccccc2)cc1. The molecule has 1 fully saturated rings. The van der Waals surface area contributed by atoms with E-state index in [1.165, 1.54) is 12.0 Å². The molecular weight excluding hydrogens is 434 g/mol. The summed E-state index contributed by atoms with van der Waals surface area (Å²) < 4.78 is 10.4. The summed E-state index contributed by atoms with van der Waals surface area (Å²) in [5, 5.41) is 2.79. The number of rotatable bonds is 8. The predicted octanol–water partition coefficient (Wildman–Crippen LogP) is 4.07. The van der Waals surface area contributed by atoms with Crippen LogP contribution in [0.1, 0.15) is 12.0 Å². The lowest BCUT2D eigenvalue weighted by atomic mass is 10.1. The Hall–Kier alpha value is -4.33. The van der Waals surface area contributed by atoms with Crippen molar-refractivity contribution in [3.05, 3.63) is 84.4 Å². The second kappa shape index (κ2) is 10.1. The summed E-state index contributed by atoms with van der Waals surface area (Å²) >= 11 is 0. The fourth-order valence-corrected chi connectivity index (χ4v) is 3.84. The molecule has 8 nitrogen and oxygen atoms in total. The summed E-state index contributed by atoms with van der Waals surface area (Å²) in [7, 11) is 3.09. The van der Waals surface area contributed by atoms with Crippen molar-refractivity contribution in [3.63, 3.8) is 0 Å². The molecular formula is C26H25N3O5. The van der Waals surface area contributed by atoms with E-state index >= 15 is 0 Å². The third-order valence-electron chi connectivity index (χ3n) is 5.58. The highest BCUT2D eigenvalue weighted by molar-refractivity contribution is 6.22. The number of methoxy groups -OCH3 is 2. The highest BCUT2D eigenvalue weighted by Gasteiger charge is 2.46. The first-order valence-corrected chi connectivity index (χ1v) is 10.8.